The van der Waals surface area contributed by atoms with Gasteiger partial charge in [-0.05, 0) is 134 Å². The van der Waals surface area contributed by atoms with E-state index in [9.17, 15) is 19.2 Å². The first kappa shape index (κ1) is 46.0. The van der Waals surface area contributed by atoms with Crippen LogP contribution in [-0.4, -0.2) is 37.2 Å². The van der Waals surface area contributed by atoms with Crippen LogP contribution in [0.4, 0.5) is 22.7 Å². The van der Waals surface area contributed by atoms with Crippen LogP contribution in [0.2, 0.25) is 0 Å². The van der Waals surface area contributed by atoms with E-state index < -0.39 is 5.24 Å². The molecule has 304 valence electrons. The number of nitrogen functional groups attached to an aromatic ring is 1. The smallest absolute Gasteiger partial charge is 0.256 e. The summed E-state index contributed by atoms with van der Waals surface area (Å²) in [5, 5.41) is 2.30. The molecule has 3 amide bonds. The number of nitrogens with one attached hydrogen (secondary N) is 1. The molecule has 10 nitrogen and oxygen atoms in total. The lowest BCUT2D eigenvalue weighted by Gasteiger charge is -2.43. The number of carbonyl (C=O) groups excluding carboxylic acids is 4. The maximum absolute atomic E-state index is 12.6. The summed E-state index contributed by atoms with van der Waals surface area (Å²) in [6.07, 6.45) is 2.27. The number of carbonyl (C=O) groups is 4. The minimum absolute atomic E-state index is 0. The number of hydrogen-bond acceptors (Lipinski definition) is 7. The molecule has 0 aromatic heterocycles. The van der Waals surface area contributed by atoms with Crippen LogP contribution in [0.5, 0.6) is 11.5 Å². The van der Waals surface area contributed by atoms with Gasteiger partial charge in [-0.2, -0.15) is 0 Å². The van der Waals surface area contributed by atoms with Gasteiger partial charge in [0.25, 0.3) is 11.8 Å². The Balaban J connectivity index is 0.000000276. The molecule has 0 saturated carbocycles. The van der Waals surface area contributed by atoms with E-state index in [0.29, 0.717) is 16.8 Å². The number of β-lactam (4-membered cyclic amide) rings is 2. The van der Waals surface area contributed by atoms with Crippen molar-refractivity contribution in [1.29, 1.82) is 0 Å². The predicted molar refractivity (Wildman–Crippen MR) is 237 cm³/mol. The van der Waals surface area contributed by atoms with Gasteiger partial charge in [0, 0.05) is 46.0 Å². The Hall–Kier alpha value is -6.39. The van der Waals surface area contributed by atoms with E-state index in [-0.39, 0.29) is 37.2 Å². The standard InChI is InChI=1S/C23H24N2O3.C20H22N2O2.C3H3ClO.CH4/c1-7-21(26)24-19-11-17(9-8-13(19)2)22-16(5)23(27)25(22)18-10-14(3)15(4)20(12-18)28-6;1-11-6-7-15(9-17(11)21)19-14(4)20(23)22(19)16-8-12(2)13(3)18(10-16)24-5;1-2-3(4)5;/h7-12,22H,1,5H2,2-4,6H3,(H,24,26);6-10,19H,4,21H2,1-3,5H3;2H,1H2;1H4/t22-;19-;;/m11../s1. The van der Waals surface area contributed by atoms with Gasteiger partial charge < -0.3 is 20.5 Å². The van der Waals surface area contributed by atoms with Crippen LogP contribution in [0.3, 0.4) is 0 Å². The molecular formula is C47H53ClN4O6. The first-order chi connectivity index (χ1) is 26.9. The monoisotopic (exact) mass is 804 g/mol. The van der Waals surface area contributed by atoms with Crippen LogP contribution < -0.4 is 30.3 Å². The van der Waals surface area contributed by atoms with Gasteiger partial charge in [-0.1, -0.05) is 58.0 Å². The summed E-state index contributed by atoms with van der Waals surface area (Å²) in [6.45, 7) is 26.3. The molecule has 2 atom stereocenters. The van der Waals surface area contributed by atoms with E-state index in [0.717, 1.165) is 79.1 Å². The summed E-state index contributed by atoms with van der Waals surface area (Å²) in [5.41, 5.74) is 18.2. The van der Waals surface area contributed by atoms with Gasteiger partial charge in [0.2, 0.25) is 11.1 Å². The van der Waals surface area contributed by atoms with Crippen molar-refractivity contribution in [2.45, 2.75) is 61.1 Å². The predicted octanol–water partition coefficient (Wildman–Crippen LogP) is 9.81. The second kappa shape index (κ2) is 19.2. The summed E-state index contributed by atoms with van der Waals surface area (Å²) in [5.74, 6) is 1.05. The van der Waals surface area contributed by atoms with Gasteiger partial charge in [-0.25, -0.2) is 0 Å². The maximum atomic E-state index is 12.6. The molecule has 6 rings (SSSR count). The van der Waals surface area contributed by atoms with Crippen LogP contribution >= 0.6 is 11.6 Å². The zero-order chi connectivity index (χ0) is 42.5. The Labute approximate surface area is 347 Å². The number of anilines is 4. The fraction of sp³-hybridized carbons (Fsp3) is 0.234. The lowest BCUT2D eigenvalue weighted by atomic mass is 9.87. The minimum Gasteiger partial charge on any atom is -0.496 e. The van der Waals surface area contributed by atoms with Crippen LogP contribution in [0.25, 0.3) is 0 Å². The molecule has 4 aromatic rings. The van der Waals surface area contributed by atoms with E-state index in [2.05, 4.69) is 31.6 Å². The number of nitrogens with zero attached hydrogens (tertiary/aromatic N) is 2. The molecule has 0 spiro atoms. The summed E-state index contributed by atoms with van der Waals surface area (Å²) >= 11 is 4.71. The lowest BCUT2D eigenvalue weighted by molar-refractivity contribution is -0.119. The molecule has 58 heavy (non-hydrogen) atoms. The fourth-order valence-electron chi connectivity index (χ4n) is 6.47. The number of rotatable bonds is 9. The molecule has 2 aliphatic rings. The average Bonchev–Trinajstić information content (AvgIpc) is 3.19. The van der Waals surface area contributed by atoms with Crippen molar-refractivity contribution in [1.82, 2.24) is 0 Å². The number of halogens is 1. The third kappa shape index (κ3) is 9.41. The lowest BCUT2D eigenvalue weighted by Crippen LogP contribution is -2.49. The Morgan fingerprint density at radius 3 is 1.48 bits per heavy atom. The number of methoxy groups -OCH3 is 2. The fourth-order valence-corrected chi connectivity index (χ4v) is 6.47. The van der Waals surface area contributed by atoms with E-state index in [1.54, 1.807) is 24.0 Å². The highest BCUT2D eigenvalue weighted by molar-refractivity contribution is 6.66. The molecule has 0 radical (unpaired) electrons. The highest BCUT2D eigenvalue weighted by atomic mass is 35.5. The third-order valence-corrected chi connectivity index (χ3v) is 10.3. The largest absolute Gasteiger partial charge is 0.496 e. The Bertz CT molecular complexity index is 2330. The van der Waals surface area contributed by atoms with Crippen molar-refractivity contribution in [3.05, 3.63) is 155 Å². The van der Waals surface area contributed by atoms with Crippen molar-refractivity contribution < 1.29 is 28.7 Å². The maximum Gasteiger partial charge on any atom is 0.256 e. The molecule has 11 heteroatoms. The van der Waals surface area contributed by atoms with Gasteiger partial charge in [-0.3, -0.25) is 29.0 Å². The topological polar surface area (TPSA) is 131 Å². The van der Waals surface area contributed by atoms with E-state index in [1.165, 1.54) is 6.08 Å². The summed E-state index contributed by atoms with van der Waals surface area (Å²) in [6, 6.07) is 18.9. The Kier molecular flexibility index (Phi) is 15.2. The van der Waals surface area contributed by atoms with Gasteiger partial charge >= 0.3 is 0 Å². The van der Waals surface area contributed by atoms with E-state index in [1.807, 2.05) is 102 Å². The molecule has 4 aromatic carbocycles. The average molecular weight is 805 g/mol. The second-order valence-electron chi connectivity index (χ2n) is 13.8. The molecule has 2 fully saturated rings. The molecule has 0 aliphatic carbocycles. The van der Waals surface area contributed by atoms with Gasteiger partial charge in [0.15, 0.2) is 0 Å². The van der Waals surface area contributed by atoms with Crippen molar-refractivity contribution in [3.63, 3.8) is 0 Å². The third-order valence-electron chi connectivity index (χ3n) is 10.2. The first-order valence-corrected chi connectivity index (χ1v) is 18.3. The SMILES string of the molecule is C.C=C1C(=O)N(c2cc(C)c(C)c(OC)c2)[C@H]1c1ccc(C)c(N)c1.C=CC(=O)Cl.C=CC(=O)Nc1cc([C@H]2C(=C)C(=O)N2c2cc(C)c(C)c(OC)c2)ccc1C. The second-order valence-corrected chi connectivity index (χ2v) is 14.2. The van der Waals surface area contributed by atoms with Gasteiger partial charge in [-0.15, -0.1) is 0 Å². The van der Waals surface area contributed by atoms with Gasteiger partial charge in [0.1, 0.15) is 11.5 Å². The number of allylic oxidation sites excluding steroid dienone is 1. The number of nitrogens with two attached hydrogens (primary N) is 1. The number of amides is 3. The molecule has 0 unspecified atom stereocenters. The normalized spacial score (nSPS) is 15.3. The number of ether oxygens (including phenoxy) is 2. The summed E-state index contributed by atoms with van der Waals surface area (Å²) in [4.78, 5) is 49.7. The zero-order valence-corrected chi connectivity index (χ0v) is 34.5. The quantitative estimate of drug-likeness (QED) is 0.0746. The molecule has 0 bridgehead atoms. The first-order valence-electron chi connectivity index (χ1n) is 18.0. The Morgan fingerprint density at radius 2 is 1.10 bits per heavy atom. The van der Waals surface area contributed by atoms with Gasteiger partial charge in [0.05, 0.1) is 26.3 Å². The molecule has 2 aliphatic heterocycles. The number of benzene rings is 4. The van der Waals surface area contributed by atoms with E-state index >= 15 is 0 Å². The number of hydrogen-bond donors (Lipinski definition) is 2. The summed E-state index contributed by atoms with van der Waals surface area (Å²) < 4.78 is 10.9. The molecule has 3 N–H and O–H groups in total. The van der Waals surface area contributed by atoms with E-state index in [4.69, 9.17) is 26.8 Å². The highest BCUT2D eigenvalue weighted by Gasteiger charge is 2.44. The zero-order valence-electron chi connectivity index (χ0n) is 33.7. The summed E-state index contributed by atoms with van der Waals surface area (Å²) in [7, 11) is 3.26. The van der Waals surface area contributed by atoms with Crippen LogP contribution in [-0.2, 0) is 19.2 Å². The van der Waals surface area contributed by atoms with Crippen molar-refractivity contribution in [2.24, 2.45) is 0 Å². The Morgan fingerprint density at radius 1 is 0.690 bits per heavy atom. The van der Waals surface area contributed by atoms with Crippen molar-refractivity contribution in [2.75, 3.05) is 35.1 Å². The van der Waals surface area contributed by atoms with Crippen LogP contribution in [0, 0.1) is 41.5 Å². The number of aryl methyl sites for hydroxylation is 4. The highest BCUT2D eigenvalue weighted by Crippen LogP contribution is 2.46. The molecular weight excluding hydrogens is 752 g/mol. The molecule has 2 heterocycles. The van der Waals surface area contributed by atoms with Crippen molar-refractivity contribution in [3.8, 4) is 11.5 Å². The van der Waals surface area contributed by atoms with Crippen molar-refractivity contribution >= 4 is 57.3 Å². The minimum atomic E-state index is -0.509. The van der Waals surface area contributed by atoms with Crippen LogP contribution in [0.15, 0.2) is 110 Å². The van der Waals surface area contributed by atoms with Crippen LogP contribution in [0.1, 0.15) is 64.0 Å². The molecule has 2 saturated heterocycles.